The third kappa shape index (κ3) is 3.10. The van der Waals surface area contributed by atoms with Crippen LogP contribution in [-0.2, 0) is 9.31 Å². The Balaban J connectivity index is 2.58. The topological polar surface area (TPSA) is 50.7 Å². The first-order valence-electron chi connectivity index (χ1n) is 6.60. The van der Waals surface area contributed by atoms with Crippen LogP contribution in [0.25, 0.3) is 0 Å². The van der Waals surface area contributed by atoms with Gasteiger partial charge in [0, 0.05) is 5.54 Å². The van der Waals surface area contributed by atoms with E-state index in [-0.39, 0.29) is 18.1 Å². The summed E-state index contributed by atoms with van der Waals surface area (Å²) in [5.41, 5.74) is -1.84. The summed E-state index contributed by atoms with van der Waals surface area (Å²) in [6.07, 6.45) is 0. The zero-order chi connectivity index (χ0) is 14.4. The Hall–Kier alpha value is -0.0301. The van der Waals surface area contributed by atoms with Gasteiger partial charge in [-0.25, -0.2) is 0 Å². The van der Waals surface area contributed by atoms with Crippen LogP contribution in [0.5, 0.6) is 0 Å². The molecule has 4 nitrogen and oxygen atoms in total. The number of hydrogen-bond acceptors (Lipinski definition) is 4. The van der Waals surface area contributed by atoms with Crippen LogP contribution in [0, 0.1) is 0 Å². The van der Waals surface area contributed by atoms with Gasteiger partial charge in [-0.3, -0.25) is 0 Å². The molecule has 6 heteroatoms. The third-order valence-electron chi connectivity index (χ3n) is 4.53. The molecule has 0 aromatic heterocycles. The molecule has 0 aromatic rings. The lowest BCUT2D eigenvalue weighted by atomic mass is 9.51. The van der Waals surface area contributed by atoms with E-state index >= 15 is 0 Å². The lowest BCUT2D eigenvalue weighted by Crippen LogP contribution is -2.53. The van der Waals surface area contributed by atoms with E-state index < -0.39 is 11.2 Å². The van der Waals surface area contributed by atoms with Crippen LogP contribution >= 0.6 is 0 Å². The van der Waals surface area contributed by atoms with E-state index in [4.69, 9.17) is 9.31 Å². The van der Waals surface area contributed by atoms with Gasteiger partial charge in [0.25, 0.3) is 7.37 Å². The fourth-order valence-corrected chi connectivity index (χ4v) is 1.65. The Morgan fingerprint density at radius 2 is 1.67 bits per heavy atom. The number of aliphatic hydroxyl groups is 1. The normalized spacial score (nSPS) is 23.3. The predicted octanol–water partition coefficient (Wildman–Crippen LogP) is 1.07. The first kappa shape index (κ1) is 16.0. The molecule has 0 spiro atoms. The minimum absolute atomic E-state index is 0.0973. The maximum atomic E-state index is 10.0. The van der Waals surface area contributed by atoms with Gasteiger partial charge in [0.15, 0.2) is 0 Å². The molecule has 0 aromatic carbocycles. The molecule has 1 aliphatic rings. The summed E-state index contributed by atoms with van der Waals surface area (Å²) in [7, 11) is 0.420. The van der Waals surface area contributed by atoms with Crippen LogP contribution in [-0.4, -0.2) is 41.8 Å². The lowest BCUT2D eigenvalue weighted by molar-refractivity contribution is -0.0892. The molecule has 0 radical (unpaired) electrons. The van der Waals surface area contributed by atoms with Crippen LogP contribution in [0.2, 0.25) is 0 Å². The van der Waals surface area contributed by atoms with Gasteiger partial charge in [0.1, 0.15) is 0 Å². The monoisotopic (exact) mass is 255 g/mol. The van der Waals surface area contributed by atoms with E-state index in [1.807, 2.05) is 13.8 Å². The summed E-state index contributed by atoms with van der Waals surface area (Å²) in [6, 6.07) is 0. The highest BCUT2D eigenvalue weighted by atomic mass is 16.5. The average molecular weight is 255 g/mol. The third-order valence-corrected chi connectivity index (χ3v) is 4.53. The number of rotatable bonds is 4. The van der Waals surface area contributed by atoms with Gasteiger partial charge in [0.2, 0.25) is 0 Å². The summed E-state index contributed by atoms with van der Waals surface area (Å²) < 4.78 is 11.8. The fourth-order valence-electron chi connectivity index (χ4n) is 1.65. The number of nitrogens with one attached hydrogen (secondary N) is 1. The second-order valence-corrected chi connectivity index (χ2v) is 7.27. The highest BCUT2D eigenvalue weighted by Crippen LogP contribution is 2.32. The van der Waals surface area contributed by atoms with E-state index in [9.17, 15) is 5.11 Å². The summed E-state index contributed by atoms with van der Waals surface area (Å²) >= 11 is 0. The SMILES string of the molecule is CC(C)(O)C(C)(C)OBB1NC(C)(C)C(C)(C)O1. The summed E-state index contributed by atoms with van der Waals surface area (Å²) in [6.45, 7) is 15.5. The van der Waals surface area contributed by atoms with Crippen molar-refractivity contribution in [2.75, 3.05) is 0 Å². The van der Waals surface area contributed by atoms with Crippen molar-refractivity contribution in [1.82, 2.24) is 5.23 Å². The minimum atomic E-state index is -0.892. The molecule has 0 aliphatic carbocycles. The zero-order valence-corrected chi connectivity index (χ0v) is 13.0. The molecule has 18 heavy (non-hydrogen) atoms. The van der Waals surface area contributed by atoms with Crippen LogP contribution in [0.1, 0.15) is 55.4 Å². The Labute approximate surface area is 112 Å². The summed E-state index contributed by atoms with van der Waals surface area (Å²) in [4.78, 5) is 0. The van der Waals surface area contributed by atoms with Crippen LogP contribution in [0.4, 0.5) is 0 Å². The Bertz CT molecular complexity index is 295. The molecular weight excluding hydrogens is 228 g/mol. The standard InChI is InChI=1S/C12H27B2NO3/c1-9(2)11(5,6)18-14(15-9)13-17-12(7,8)10(3,4)16/h13,15-16H,1-8H3. The van der Waals surface area contributed by atoms with Crippen molar-refractivity contribution < 1.29 is 14.4 Å². The van der Waals surface area contributed by atoms with Gasteiger partial charge >= 0.3 is 6.94 Å². The molecule has 0 saturated carbocycles. The molecule has 0 unspecified atom stereocenters. The van der Waals surface area contributed by atoms with Crippen molar-refractivity contribution in [2.45, 2.75) is 77.7 Å². The Kier molecular flexibility index (Phi) is 4.02. The zero-order valence-electron chi connectivity index (χ0n) is 13.0. The fraction of sp³-hybridized carbons (Fsp3) is 1.00. The van der Waals surface area contributed by atoms with E-state index in [2.05, 4.69) is 32.9 Å². The molecule has 104 valence electrons. The van der Waals surface area contributed by atoms with Crippen LogP contribution in [0.15, 0.2) is 0 Å². The second kappa shape index (κ2) is 4.51. The van der Waals surface area contributed by atoms with Crippen molar-refractivity contribution in [3.05, 3.63) is 0 Å². The highest BCUT2D eigenvalue weighted by molar-refractivity contribution is 7.05. The van der Waals surface area contributed by atoms with Crippen molar-refractivity contribution in [3.8, 4) is 0 Å². The maximum Gasteiger partial charge on any atom is 0.368 e. The van der Waals surface area contributed by atoms with Gasteiger partial charge in [-0.05, 0) is 55.4 Å². The Morgan fingerprint density at radius 1 is 1.17 bits per heavy atom. The number of hydrogen-bond donors (Lipinski definition) is 2. The summed E-state index contributed by atoms with van der Waals surface area (Å²) in [5.74, 6) is 0. The van der Waals surface area contributed by atoms with Crippen molar-refractivity contribution in [3.63, 3.8) is 0 Å². The van der Waals surface area contributed by atoms with Gasteiger partial charge in [0.05, 0.1) is 16.8 Å². The van der Waals surface area contributed by atoms with Gasteiger partial charge < -0.3 is 19.6 Å². The van der Waals surface area contributed by atoms with Crippen molar-refractivity contribution >= 4 is 14.3 Å². The van der Waals surface area contributed by atoms with Crippen molar-refractivity contribution in [2.24, 2.45) is 0 Å². The lowest BCUT2D eigenvalue weighted by Gasteiger charge is -2.38. The molecule has 2 N–H and O–H groups in total. The minimum Gasteiger partial charge on any atom is -0.435 e. The molecule has 0 amide bonds. The smallest absolute Gasteiger partial charge is 0.368 e. The molecule has 1 fully saturated rings. The van der Waals surface area contributed by atoms with E-state index in [0.717, 1.165) is 0 Å². The molecule has 0 atom stereocenters. The van der Waals surface area contributed by atoms with Gasteiger partial charge in [-0.2, -0.15) is 0 Å². The maximum absolute atomic E-state index is 10.0. The molecule has 1 heterocycles. The largest absolute Gasteiger partial charge is 0.435 e. The van der Waals surface area contributed by atoms with Gasteiger partial charge in [-0.1, -0.05) is 0 Å². The molecule has 1 saturated heterocycles. The quantitative estimate of drug-likeness (QED) is 0.737. The van der Waals surface area contributed by atoms with Crippen molar-refractivity contribution in [1.29, 1.82) is 0 Å². The summed E-state index contributed by atoms with van der Waals surface area (Å²) in [5, 5.41) is 13.5. The van der Waals surface area contributed by atoms with Crippen LogP contribution < -0.4 is 5.23 Å². The first-order chi connectivity index (χ1) is 7.79. The van der Waals surface area contributed by atoms with E-state index in [1.54, 1.807) is 13.8 Å². The predicted molar refractivity (Wildman–Crippen MR) is 76.7 cm³/mol. The molecular formula is C12H27B2NO3. The average Bonchev–Trinajstić information content (AvgIpc) is 2.30. The molecule has 1 aliphatic heterocycles. The highest BCUT2D eigenvalue weighted by Gasteiger charge is 2.50. The van der Waals surface area contributed by atoms with E-state index in [1.165, 1.54) is 0 Å². The van der Waals surface area contributed by atoms with Crippen LogP contribution in [0.3, 0.4) is 0 Å². The molecule has 1 rings (SSSR count). The second-order valence-electron chi connectivity index (χ2n) is 7.27. The Morgan fingerprint density at radius 3 is 2.00 bits per heavy atom. The first-order valence-corrected chi connectivity index (χ1v) is 6.60. The van der Waals surface area contributed by atoms with Gasteiger partial charge in [-0.15, -0.1) is 0 Å². The van der Waals surface area contributed by atoms with E-state index in [0.29, 0.717) is 7.37 Å². The molecule has 0 bridgehead atoms.